The molecule has 1 spiro atoms. The fourth-order valence-corrected chi connectivity index (χ4v) is 4.83. The van der Waals surface area contributed by atoms with Crippen molar-refractivity contribution in [3.05, 3.63) is 59.4 Å². The van der Waals surface area contributed by atoms with Crippen molar-refractivity contribution in [1.82, 2.24) is 9.47 Å². The normalized spacial score (nSPS) is 21.3. The number of carbonyl (C=O) groups is 1. The number of aromatic nitrogens is 1. The summed E-state index contributed by atoms with van der Waals surface area (Å²) in [6.45, 7) is 2.02. The summed E-state index contributed by atoms with van der Waals surface area (Å²) < 4.78 is 7.79. The van der Waals surface area contributed by atoms with E-state index < -0.39 is 0 Å². The molecular weight excluding hydrogens is 340 g/mol. The molecule has 144 valence electrons. The third-order valence-electron chi connectivity index (χ3n) is 6.35. The third-order valence-corrected chi connectivity index (χ3v) is 6.35. The number of nitrogens with zero attached hydrogens (tertiary/aromatic N) is 2. The van der Waals surface area contributed by atoms with Gasteiger partial charge in [-0.2, -0.15) is 0 Å². The van der Waals surface area contributed by atoms with Gasteiger partial charge < -0.3 is 19.3 Å². The molecule has 1 aromatic carbocycles. The van der Waals surface area contributed by atoms with Crippen molar-refractivity contribution in [2.24, 2.45) is 7.05 Å². The van der Waals surface area contributed by atoms with Gasteiger partial charge in [-0.3, -0.25) is 4.79 Å². The highest BCUT2D eigenvalue weighted by Gasteiger charge is 2.43. The molecule has 0 saturated carbocycles. The molecule has 4 rings (SSSR count). The standard InChI is InChI=1S/C22H28N2O3/c1-23-12-4-7-19(23)21(26)24-13-10-22(11-14-24)9-8-20(27-16-15-25)17-5-2-3-6-18(17)22/h2-7,12,20,25H,8-11,13-16H2,1H3. The number of piperidine rings is 1. The molecule has 0 bridgehead atoms. The van der Waals surface area contributed by atoms with Crippen LogP contribution in [0, 0.1) is 0 Å². The Labute approximate surface area is 160 Å². The van der Waals surface area contributed by atoms with Crippen LogP contribution in [0.25, 0.3) is 0 Å². The first-order chi connectivity index (χ1) is 13.1. The lowest BCUT2D eigenvalue weighted by molar-refractivity contribution is 0.00544. The van der Waals surface area contributed by atoms with Crippen molar-refractivity contribution >= 4 is 5.91 Å². The van der Waals surface area contributed by atoms with Gasteiger partial charge in [0.15, 0.2) is 0 Å². The molecule has 1 amide bonds. The molecule has 5 heteroatoms. The van der Waals surface area contributed by atoms with Gasteiger partial charge in [0.25, 0.3) is 5.91 Å². The van der Waals surface area contributed by atoms with E-state index >= 15 is 0 Å². The molecule has 2 aliphatic rings. The molecule has 1 fully saturated rings. The number of ether oxygens (including phenoxy) is 1. The highest BCUT2D eigenvalue weighted by Crippen LogP contribution is 2.48. The van der Waals surface area contributed by atoms with Crippen LogP contribution in [-0.4, -0.2) is 46.8 Å². The maximum atomic E-state index is 12.8. The van der Waals surface area contributed by atoms with Crippen LogP contribution < -0.4 is 0 Å². The fraction of sp³-hybridized carbons (Fsp3) is 0.500. The summed E-state index contributed by atoms with van der Waals surface area (Å²) in [5.41, 5.74) is 3.54. The number of benzene rings is 1. The number of amides is 1. The molecule has 1 saturated heterocycles. The van der Waals surface area contributed by atoms with Crippen molar-refractivity contribution in [3.8, 4) is 0 Å². The van der Waals surface area contributed by atoms with Crippen LogP contribution in [0.15, 0.2) is 42.6 Å². The third kappa shape index (κ3) is 3.30. The zero-order valence-corrected chi connectivity index (χ0v) is 15.9. The number of aryl methyl sites for hydroxylation is 1. The molecule has 1 N–H and O–H groups in total. The lowest BCUT2D eigenvalue weighted by atomic mass is 9.64. The topological polar surface area (TPSA) is 54.7 Å². The van der Waals surface area contributed by atoms with Gasteiger partial charge >= 0.3 is 0 Å². The van der Waals surface area contributed by atoms with Crippen molar-refractivity contribution in [3.63, 3.8) is 0 Å². The van der Waals surface area contributed by atoms with Gasteiger partial charge in [-0.05, 0) is 54.4 Å². The van der Waals surface area contributed by atoms with E-state index in [2.05, 4.69) is 24.3 Å². The van der Waals surface area contributed by atoms with E-state index in [9.17, 15) is 4.79 Å². The second kappa shape index (κ2) is 7.49. The monoisotopic (exact) mass is 368 g/mol. The Hall–Kier alpha value is -2.11. The van der Waals surface area contributed by atoms with Crippen molar-refractivity contribution < 1.29 is 14.6 Å². The van der Waals surface area contributed by atoms with Gasteiger partial charge in [0.05, 0.1) is 19.3 Å². The first-order valence-electron chi connectivity index (χ1n) is 9.87. The van der Waals surface area contributed by atoms with Gasteiger partial charge in [0, 0.05) is 26.3 Å². The first kappa shape index (κ1) is 18.3. The minimum absolute atomic E-state index is 0.0556. The van der Waals surface area contributed by atoms with Crippen LogP contribution in [0.1, 0.15) is 53.4 Å². The first-order valence-corrected chi connectivity index (χ1v) is 9.87. The van der Waals surface area contributed by atoms with Crippen LogP contribution in [0.4, 0.5) is 0 Å². The van der Waals surface area contributed by atoms with E-state index in [0.717, 1.165) is 44.5 Å². The Kier molecular flexibility index (Phi) is 5.06. The van der Waals surface area contributed by atoms with Crippen molar-refractivity contribution in [2.75, 3.05) is 26.3 Å². The van der Waals surface area contributed by atoms with E-state index in [1.54, 1.807) is 0 Å². The molecule has 1 aromatic heterocycles. The molecule has 1 aliphatic carbocycles. The molecule has 1 unspecified atom stereocenters. The lowest BCUT2D eigenvalue weighted by Gasteiger charge is -2.47. The number of aliphatic hydroxyl groups is 1. The summed E-state index contributed by atoms with van der Waals surface area (Å²) in [6.07, 6.45) is 6.03. The predicted octanol–water partition coefficient (Wildman–Crippen LogP) is 3.04. The van der Waals surface area contributed by atoms with Gasteiger partial charge in [0.1, 0.15) is 5.69 Å². The summed E-state index contributed by atoms with van der Waals surface area (Å²) in [7, 11) is 1.92. The largest absolute Gasteiger partial charge is 0.394 e. The zero-order valence-electron chi connectivity index (χ0n) is 15.9. The van der Waals surface area contributed by atoms with Gasteiger partial charge in [-0.15, -0.1) is 0 Å². The van der Waals surface area contributed by atoms with Crippen molar-refractivity contribution in [2.45, 2.75) is 37.2 Å². The molecule has 2 aromatic rings. The van der Waals surface area contributed by atoms with E-state index in [4.69, 9.17) is 9.84 Å². The molecule has 2 heterocycles. The van der Waals surface area contributed by atoms with Crippen LogP contribution in [0.3, 0.4) is 0 Å². The number of carbonyl (C=O) groups excluding carboxylic acids is 1. The summed E-state index contributed by atoms with van der Waals surface area (Å²) >= 11 is 0. The average Bonchev–Trinajstić information content (AvgIpc) is 3.14. The lowest BCUT2D eigenvalue weighted by Crippen LogP contribution is -2.47. The maximum Gasteiger partial charge on any atom is 0.270 e. The number of hydrogen-bond donors (Lipinski definition) is 1. The van der Waals surface area contributed by atoms with E-state index in [1.807, 2.05) is 34.8 Å². The van der Waals surface area contributed by atoms with Crippen LogP contribution in [0.5, 0.6) is 0 Å². The van der Waals surface area contributed by atoms with E-state index in [-0.39, 0.29) is 24.0 Å². The van der Waals surface area contributed by atoms with Crippen LogP contribution >= 0.6 is 0 Å². The Morgan fingerprint density at radius 1 is 1.19 bits per heavy atom. The van der Waals surface area contributed by atoms with Crippen molar-refractivity contribution in [1.29, 1.82) is 0 Å². The maximum absolute atomic E-state index is 12.8. The minimum Gasteiger partial charge on any atom is -0.394 e. The summed E-state index contributed by atoms with van der Waals surface area (Å²) in [4.78, 5) is 14.8. The predicted molar refractivity (Wildman–Crippen MR) is 104 cm³/mol. The summed E-state index contributed by atoms with van der Waals surface area (Å²) in [5.74, 6) is 0.130. The van der Waals surface area contributed by atoms with Gasteiger partial charge in [-0.25, -0.2) is 0 Å². The number of fused-ring (bicyclic) bond motifs is 2. The molecule has 27 heavy (non-hydrogen) atoms. The van der Waals surface area contributed by atoms with Gasteiger partial charge in [0.2, 0.25) is 0 Å². The fourth-order valence-electron chi connectivity index (χ4n) is 4.83. The molecular formula is C22H28N2O3. The van der Waals surface area contributed by atoms with Crippen LogP contribution in [0.2, 0.25) is 0 Å². The van der Waals surface area contributed by atoms with E-state index in [0.29, 0.717) is 6.61 Å². The molecule has 1 aliphatic heterocycles. The Morgan fingerprint density at radius 2 is 1.96 bits per heavy atom. The number of likely N-dealkylation sites (tertiary alicyclic amines) is 1. The van der Waals surface area contributed by atoms with Crippen LogP contribution in [-0.2, 0) is 17.2 Å². The molecule has 1 atom stereocenters. The molecule has 5 nitrogen and oxygen atoms in total. The highest BCUT2D eigenvalue weighted by atomic mass is 16.5. The number of aliphatic hydroxyl groups excluding tert-OH is 1. The summed E-state index contributed by atoms with van der Waals surface area (Å²) in [6, 6.07) is 12.4. The Bertz CT molecular complexity index is 805. The summed E-state index contributed by atoms with van der Waals surface area (Å²) in [5, 5.41) is 9.10. The SMILES string of the molecule is Cn1cccc1C(=O)N1CCC2(CCC(OCCO)c3ccccc32)CC1. The van der Waals surface area contributed by atoms with E-state index in [1.165, 1.54) is 11.1 Å². The zero-order chi connectivity index (χ0) is 18.9. The van der Waals surface area contributed by atoms with Gasteiger partial charge in [-0.1, -0.05) is 24.3 Å². The quantitative estimate of drug-likeness (QED) is 0.902. The Balaban J connectivity index is 1.52. The molecule has 0 radical (unpaired) electrons. The highest BCUT2D eigenvalue weighted by molar-refractivity contribution is 5.92. The average molecular weight is 368 g/mol. The number of rotatable bonds is 4. The smallest absolute Gasteiger partial charge is 0.270 e. The Morgan fingerprint density at radius 3 is 2.67 bits per heavy atom. The second-order valence-electron chi connectivity index (χ2n) is 7.79. The minimum atomic E-state index is 0.0556. The second-order valence-corrected chi connectivity index (χ2v) is 7.79. The number of hydrogen-bond acceptors (Lipinski definition) is 3.